The van der Waals surface area contributed by atoms with Crippen LogP contribution in [0.2, 0.25) is 5.02 Å². The van der Waals surface area contributed by atoms with Crippen molar-refractivity contribution in [3.05, 3.63) is 82.6 Å². The number of thioether (sulfide) groups is 1. The number of aryl methyl sites for hydroxylation is 1. The number of rotatable bonds is 8. The minimum Gasteiger partial charge on any atom is -0.457 e. The van der Waals surface area contributed by atoms with E-state index in [0.717, 1.165) is 34.4 Å². The van der Waals surface area contributed by atoms with E-state index in [9.17, 15) is 9.59 Å². The molecule has 9 heteroatoms. The third-order valence-electron chi connectivity index (χ3n) is 4.92. The van der Waals surface area contributed by atoms with Crippen LogP contribution in [0.3, 0.4) is 0 Å². The second kappa shape index (κ2) is 10.1. The van der Waals surface area contributed by atoms with Crippen molar-refractivity contribution in [2.45, 2.75) is 19.1 Å². The lowest BCUT2D eigenvalue weighted by atomic mass is 10.1. The highest BCUT2D eigenvalue weighted by Gasteiger charge is 2.19. The average molecular weight is 482 g/mol. The molecule has 0 radical (unpaired) electrons. The van der Waals surface area contributed by atoms with Crippen LogP contribution in [0.1, 0.15) is 21.7 Å². The van der Waals surface area contributed by atoms with Crippen LogP contribution < -0.4 is 0 Å². The molecule has 2 aromatic heterocycles. The monoisotopic (exact) mass is 481 g/mol. The molecule has 0 aliphatic heterocycles. The summed E-state index contributed by atoms with van der Waals surface area (Å²) in [5.41, 5.74) is 3.95. The van der Waals surface area contributed by atoms with Gasteiger partial charge in [0.2, 0.25) is 11.7 Å². The number of Topliss-reactive ketones (excluding diaryl/α,β-unsaturated/α-hetero) is 1. The maximum absolute atomic E-state index is 12.7. The van der Waals surface area contributed by atoms with Gasteiger partial charge in [0.15, 0.2) is 6.61 Å². The lowest BCUT2D eigenvalue weighted by molar-refractivity contribution is -0.139. The van der Waals surface area contributed by atoms with Gasteiger partial charge < -0.3 is 13.7 Å². The SMILES string of the molecule is Cc1cc(C(=O)COC(=O)CSc2nnc(-c3ccc(Cl)cc3)o2)c(C)n1-c1ccccc1. The van der Waals surface area contributed by atoms with Crippen molar-refractivity contribution in [2.75, 3.05) is 12.4 Å². The van der Waals surface area contributed by atoms with Crippen LogP contribution in [0.5, 0.6) is 0 Å². The Morgan fingerprint density at radius 1 is 1.06 bits per heavy atom. The van der Waals surface area contributed by atoms with Gasteiger partial charge in [-0.05, 0) is 56.3 Å². The second-order valence-electron chi connectivity index (χ2n) is 7.21. The Morgan fingerprint density at radius 3 is 2.52 bits per heavy atom. The molecule has 168 valence electrons. The summed E-state index contributed by atoms with van der Waals surface area (Å²) in [4.78, 5) is 24.8. The molecule has 7 nitrogen and oxygen atoms in total. The van der Waals surface area contributed by atoms with E-state index in [1.54, 1.807) is 24.3 Å². The van der Waals surface area contributed by atoms with E-state index >= 15 is 0 Å². The molecule has 0 saturated carbocycles. The summed E-state index contributed by atoms with van der Waals surface area (Å²) < 4.78 is 12.7. The predicted octanol–water partition coefficient (Wildman–Crippen LogP) is 5.32. The van der Waals surface area contributed by atoms with Gasteiger partial charge >= 0.3 is 5.97 Å². The molecule has 33 heavy (non-hydrogen) atoms. The molecule has 0 amide bonds. The largest absolute Gasteiger partial charge is 0.457 e. The quantitative estimate of drug-likeness (QED) is 0.191. The first-order valence-electron chi connectivity index (χ1n) is 10.1. The van der Waals surface area contributed by atoms with Crippen molar-refractivity contribution in [3.8, 4) is 17.1 Å². The maximum atomic E-state index is 12.7. The summed E-state index contributed by atoms with van der Waals surface area (Å²) in [6.07, 6.45) is 0. The summed E-state index contributed by atoms with van der Waals surface area (Å²) in [5, 5.41) is 8.72. The standard InChI is InChI=1S/C24H20ClN3O4S/c1-15-12-20(16(2)28(15)19-6-4-3-5-7-19)21(29)13-31-22(30)14-33-24-27-26-23(32-24)17-8-10-18(25)11-9-17/h3-12H,13-14H2,1-2H3. The Hall–Kier alpha value is -3.36. The number of ketones is 1. The van der Waals surface area contributed by atoms with E-state index in [2.05, 4.69) is 10.2 Å². The van der Waals surface area contributed by atoms with Crippen LogP contribution in [0.15, 0.2) is 70.3 Å². The number of benzene rings is 2. The van der Waals surface area contributed by atoms with Gasteiger partial charge in [0.25, 0.3) is 5.22 Å². The Bertz CT molecular complexity index is 1280. The molecule has 2 aromatic carbocycles. The summed E-state index contributed by atoms with van der Waals surface area (Å²) in [5.74, 6) is -0.534. The van der Waals surface area contributed by atoms with Gasteiger partial charge in [-0.2, -0.15) is 0 Å². The summed E-state index contributed by atoms with van der Waals surface area (Å²) >= 11 is 6.92. The molecule has 4 aromatic rings. The normalized spacial score (nSPS) is 10.9. The zero-order valence-electron chi connectivity index (χ0n) is 17.9. The zero-order chi connectivity index (χ0) is 23.4. The Balaban J connectivity index is 1.32. The van der Waals surface area contributed by atoms with E-state index < -0.39 is 5.97 Å². The lowest BCUT2D eigenvalue weighted by Gasteiger charge is -2.09. The van der Waals surface area contributed by atoms with Crippen LogP contribution in [-0.4, -0.2) is 38.9 Å². The molecule has 0 aliphatic rings. The van der Waals surface area contributed by atoms with Crippen LogP contribution in [0.4, 0.5) is 0 Å². The molecule has 0 spiro atoms. The van der Waals surface area contributed by atoms with Crippen molar-refractivity contribution >= 4 is 35.1 Å². The average Bonchev–Trinajstić information content (AvgIpc) is 3.41. The molecule has 0 bridgehead atoms. The van der Waals surface area contributed by atoms with E-state index in [0.29, 0.717) is 16.5 Å². The zero-order valence-corrected chi connectivity index (χ0v) is 19.5. The Labute approximate surface area is 199 Å². The number of ether oxygens (including phenoxy) is 1. The van der Waals surface area contributed by atoms with Gasteiger partial charge in [-0.3, -0.25) is 9.59 Å². The van der Waals surface area contributed by atoms with Gasteiger partial charge in [-0.25, -0.2) is 0 Å². The van der Waals surface area contributed by atoms with Crippen molar-refractivity contribution in [3.63, 3.8) is 0 Å². The highest BCUT2D eigenvalue weighted by atomic mass is 35.5. The smallest absolute Gasteiger partial charge is 0.316 e. The third kappa shape index (κ3) is 5.35. The predicted molar refractivity (Wildman–Crippen MR) is 126 cm³/mol. The number of nitrogens with zero attached hydrogens (tertiary/aromatic N) is 3. The van der Waals surface area contributed by atoms with E-state index in [1.165, 1.54) is 0 Å². The molecule has 4 rings (SSSR count). The first kappa shape index (κ1) is 22.8. The van der Waals surface area contributed by atoms with Gasteiger partial charge in [-0.15, -0.1) is 10.2 Å². The summed E-state index contributed by atoms with van der Waals surface area (Å²) in [7, 11) is 0. The topological polar surface area (TPSA) is 87.2 Å². The van der Waals surface area contributed by atoms with Gasteiger partial charge in [0.05, 0.1) is 0 Å². The molecule has 0 unspecified atom stereocenters. The molecule has 0 N–H and O–H groups in total. The van der Waals surface area contributed by atoms with Gasteiger partial charge in [0, 0.05) is 33.2 Å². The van der Waals surface area contributed by atoms with Crippen LogP contribution in [-0.2, 0) is 9.53 Å². The Morgan fingerprint density at radius 2 is 1.79 bits per heavy atom. The fourth-order valence-electron chi connectivity index (χ4n) is 3.38. The fraction of sp³-hybridized carbons (Fsp3) is 0.167. The van der Waals surface area contributed by atoms with E-state index in [-0.39, 0.29) is 23.4 Å². The van der Waals surface area contributed by atoms with Gasteiger partial charge in [0.1, 0.15) is 5.75 Å². The minimum atomic E-state index is -0.545. The number of hydrogen-bond donors (Lipinski definition) is 0. The lowest BCUT2D eigenvalue weighted by Crippen LogP contribution is -2.16. The van der Waals surface area contributed by atoms with E-state index in [1.807, 2.05) is 54.8 Å². The van der Waals surface area contributed by atoms with Crippen molar-refractivity contribution < 1.29 is 18.7 Å². The Kier molecular flexibility index (Phi) is 6.96. The highest BCUT2D eigenvalue weighted by Crippen LogP contribution is 2.25. The number of para-hydroxylation sites is 1. The van der Waals surface area contributed by atoms with Crippen LogP contribution in [0, 0.1) is 13.8 Å². The maximum Gasteiger partial charge on any atom is 0.316 e. The summed E-state index contributed by atoms with van der Waals surface area (Å²) in [6, 6.07) is 18.5. The molecule has 2 heterocycles. The molecule has 0 aliphatic carbocycles. The van der Waals surface area contributed by atoms with Crippen LogP contribution in [0.25, 0.3) is 17.1 Å². The van der Waals surface area contributed by atoms with Gasteiger partial charge in [-0.1, -0.05) is 41.6 Å². The number of carbonyl (C=O) groups excluding carboxylic acids is 2. The highest BCUT2D eigenvalue weighted by molar-refractivity contribution is 7.99. The fourth-order valence-corrected chi connectivity index (χ4v) is 4.07. The number of esters is 1. The van der Waals surface area contributed by atoms with E-state index in [4.69, 9.17) is 20.8 Å². The van der Waals surface area contributed by atoms with Crippen molar-refractivity contribution in [2.24, 2.45) is 0 Å². The van der Waals surface area contributed by atoms with Crippen LogP contribution >= 0.6 is 23.4 Å². The minimum absolute atomic E-state index is 0.0570. The molecular weight excluding hydrogens is 462 g/mol. The molecule has 0 fully saturated rings. The molecule has 0 saturated heterocycles. The first-order valence-corrected chi connectivity index (χ1v) is 11.4. The second-order valence-corrected chi connectivity index (χ2v) is 8.57. The number of carbonyl (C=O) groups is 2. The first-order chi connectivity index (χ1) is 15.9. The van der Waals surface area contributed by atoms with Crippen molar-refractivity contribution in [1.29, 1.82) is 0 Å². The molecule has 0 atom stereocenters. The number of aromatic nitrogens is 3. The summed E-state index contributed by atoms with van der Waals surface area (Å²) in [6.45, 7) is 3.47. The third-order valence-corrected chi connectivity index (χ3v) is 5.97. The number of hydrogen-bond acceptors (Lipinski definition) is 7. The van der Waals surface area contributed by atoms with Crippen molar-refractivity contribution in [1.82, 2.24) is 14.8 Å². The molecular formula is C24H20ClN3O4S. The number of halogens is 1.